The largest absolute Gasteiger partial charge is 0.296 e. The third-order valence-electron chi connectivity index (χ3n) is 3.80. The van der Waals surface area contributed by atoms with E-state index in [1.54, 1.807) is 13.0 Å². The van der Waals surface area contributed by atoms with Gasteiger partial charge in [-0.05, 0) is 50.4 Å². The van der Waals surface area contributed by atoms with Gasteiger partial charge in [0.2, 0.25) is 0 Å². The van der Waals surface area contributed by atoms with E-state index >= 15 is 0 Å². The summed E-state index contributed by atoms with van der Waals surface area (Å²) in [7, 11) is 0. The quantitative estimate of drug-likeness (QED) is 0.701. The van der Waals surface area contributed by atoms with Crippen molar-refractivity contribution in [2.24, 2.45) is 5.92 Å². The fraction of sp³-hybridized carbons (Fsp3) is 0.583. The molecule has 2 saturated heterocycles. The Morgan fingerprint density at radius 1 is 1.40 bits per heavy atom. The van der Waals surface area contributed by atoms with Crippen molar-refractivity contribution in [3.05, 3.63) is 29.3 Å². The number of aryl methyl sites for hydroxylation is 1. The summed E-state index contributed by atoms with van der Waals surface area (Å²) < 4.78 is 13.4. The number of piperidine rings is 1. The van der Waals surface area contributed by atoms with Gasteiger partial charge in [0.15, 0.2) is 0 Å². The molecule has 3 rings (SSSR count). The molecule has 3 heterocycles. The zero-order chi connectivity index (χ0) is 10.4. The van der Waals surface area contributed by atoms with E-state index in [0.29, 0.717) is 11.7 Å². The number of pyridine rings is 1. The van der Waals surface area contributed by atoms with Crippen LogP contribution in [-0.4, -0.2) is 23.0 Å². The highest BCUT2D eigenvalue weighted by molar-refractivity contribution is 5.22. The zero-order valence-electron chi connectivity index (χ0n) is 8.91. The summed E-state index contributed by atoms with van der Waals surface area (Å²) in [6.07, 6.45) is 4.38. The second-order valence-electron chi connectivity index (χ2n) is 4.65. The molecular weight excluding hydrogens is 191 g/mol. The number of hydrogen-bond donors (Lipinski definition) is 0. The summed E-state index contributed by atoms with van der Waals surface area (Å²) in [6.45, 7) is 4.05. The van der Waals surface area contributed by atoms with Crippen molar-refractivity contribution in [2.75, 3.05) is 13.1 Å². The Hall–Kier alpha value is -0.960. The van der Waals surface area contributed by atoms with Crippen LogP contribution in [0.5, 0.6) is 0 Å². The predicted octanol–water partition coefficient (Wildman–Crippen LogP) is 2.30. The topological polar surface area (TPSA) is 16.1 Å². The molecule has 0 aromatic carbocycles. The Morgan fingerprint density at radius 2 is 2.13 bits per heavy atom. The molecule has 1 unspecified atom stereocenters. The standard InChI is InChI=1S/C12H15FN2/c1-8-11(13)6-10(7-14-8)12-9-2-4-15(12)5-3-9/h6-7,9,12H,2-5H2,1H3. The van der Waals surface area contributed by atoms with E-state index in [2.05, 4.69) is 9.88 Å². The highest BCUT2D eigenvalue weighted by atomic mass is 19.1. The van der Waals surface area contributed by atoms with Crippen LogP contribution in [0.25, 0.3) is 0 Å². The SMILES string of the molecule is Cc1ncc(C2C3CCN2CC3)cc1F. The van der Waals surface area contributed by atoms with E-state index in [1.807, 2.05) is 6.20 Å². The van der Waals surface area contributed by atoms with Crippen molar-refractivity contribution in [3.63, 3.8) is 0 Å². The van der Waals surface area contributed by atoms with Crippen LogP contribution < -0.4 is 0 Å². The first-order chi connectivity index (χ1) is 7.25. The molecule has 15 heavy (non-hydrogen) atoms. The summed E-state index contributed by atoms with van der Waals surface area (Å²) in [5.74, 6) is 0.564. The first-order valence-electron chi connectivity index (χ1n) is 5.62. The molecule has 0 N–H and O–H groups in total. The molecule has 2 fully saturated rings. The summed E-state index contributed by atoms with van der Waals surface area (Å²) >= 11 is 0. The molecule has 2 nitrogen and oxygen atoms in total. The highest BCUT2D eigenvalue weighted by Crippen LogP contribution is 2.44. The summed E-state index contributed by atoms with van der Waals surface area (Å²) in [5, 5.41) is 0. The van der Waals surface area contributed by atoms with E-state index in [1.165, 1.54) is 25.9 Å². The maximum atomic E-state index is 13.4. The first kappa shape index (κ1) is 9.28. The number of fused-ring (bicyclic) bond motifs is 2. The maximum absolute atomic E-state index is 13.4. The van der Waals surface area contributed by atoms with Crippen LogP contribution in [-0.2, 0) is 0 Å². The minimum atomic E-state index is -0.167. The van der Waals surface area contributed by atoms with Crippen LogP contribution in [0.15, 0.2) is 12.3 Å². The number of nitrogens with zero attached hydrogens (tertiary/aromatic N) is 2. The van der Waals surface area contributed by atoms with E-state index in [9.17, 15) is 4.39 Å². The molecule has 0 amide bonds. The van der Waals surface area contributed by atoms with Gasteiger partial charge in [0.05, 0.1) is 5.69 Å². The minimum absolute atomic E-state index is 0.167. The van der Waals surface area contributed by atoms with Gasteiger partial charge in [0.25, 0.3) is 0 Å². The van der Waals surface area contributed by atoms with Gasteiger partial charge in [0.1, 0.15) is 5.82 Å². The number of hydrogen-bond acceptors (Lipinski definition) is 2. The number of halogens is 1. The molecule has 0 radical (unpaired) electrons. The van der Waals surface area contributed by atoms with Crippen LogP contribution >= 0.6 is 0 Å². The van der Waals surface area contributed by atoms with Gasteiger partial charge in [-0.1, -0.05) is 0 Å². The van der Waals surface area contributed by atoms with Gasteiger partial charge in [-0.2, -0.15) is 0 Å². The summed E-state index contributed by atoms with van der Waals surface area (Å²) in [4.78, 5) is 6.57. The fourth-order valence-electron chi connectivity index (χ4n) is 2.98. The van der Waals surface area contributed by atoms with Crippen molar-refractivity contribution in [1.82, 2.24) is 9.88 Å². The number of rotatable bonds is 1. The van der Waals surface area contributed by atoms with Crippen LogP contribution in [0.3, 0.4) is 0 Å². The highest BCUT2D eigenvalue weighted by Gasteiger charge is 2.40. The van der Waals surface area contributed by atoms with E-state index in [-0.39, 0.29) is 5.82 Å². The molecule has 80 valence electrons. The lowest BCUT2D eigenvalue weighted by atomic mass is 9.95. The van der Waals surface area contributed by atoms with Crippen molar-refractivity contribution >= 4 is 0 Å². The lowest BCUT2D eigenvalue weighted by molar-refractivity contribution is 0.304. The van der Waals surface area contributed by atoms with E-state index < -0.39 is 0 Å². The van der Waals surface area contributed by atoms with Gasteiger partial charge in [0, 0.05) is 12.2 Å². The Kier molecular flexibility index (Phi) is 2.02. The molecule has 0 saturated carbocycles. The van der Waals surface area contributed by atoms with E-state index in [4.69, 9.17) is 0 Å². The molecule has 2 aliphatic heterocycles. The lowest BCUT2D eigenvalue weighted by Gasteiger charge is -2.19. The van der Waals surface area contributed by atoms with Crippen LogP contribution in [0.2, 0.25) is 0 Å². The van der Waals surface area contributed by atoms with E-state index in [0.717, 1.165) is 11.5 Å². The van der Waals surface area contributed by atoms with Gasteiger partial charge in [-0.3, -0.25) is 9.88 Å². The summed E-state index contributed by atoms with van der Waals surface area (Å²) in [5.41, 5.74) is 1.57. The monoisotopic (exact) mass is 206 g/mol. The van der Waals surface area contributed by atoms with Gasteiger partial charge in [-0.25, -0.2) is 4.39 Å². The molecule has 1 aromatic rings. The Bertz CT molecular complexity index is 371. The van der Waals surface area contributed by atoms with Crippen molar-refractivity contribution in [2.45, 2.75) is 25.8 Å². The van der Waals surface area contributed by atoms with Crippen molar-refractivity contribution in [1.29, 1.82) is 0 Å². The van der Waals surface area contributed by atoms with Gasteiger partial charge >= 0.3 is 0 Å². The van der Waals surface area contributed by atoms with Crippen LogP contribution in [0.4, 0.5) is 4.39 Å². The second kappa shape index (κ2) is 3.27. The second-order valence-corrected chi connectivity index (χ2v) is 4.65. The van der Waals surface area contributed by atoms with Crippen LogP contribution in [0.1, 0.15) is 30.1 Å². The predicted molar refractivity (Wildman–Crippen MR) is 56.0 cm³/mol. The molecule has 2 aliphatic rings. The fourth-order valence-corrected chi connectivity index (χ4v) is 2.98. The Balaban J connectivity index is 1.96. The maximum Gasteiger partial charge on any atom is 0.144 e. The lowest BCUT2D eigenvalue weighted by Crippen LogP contribution is -2.19. The average molecular weight is 206 g/mol. The van der Waals surface area contributed by atoms with Crippen molar-refractivity contribution < 1.29 is 4.39 Å². The first-order valence-corrected chi connectivity index (χ1v) is 5.62. The minimum Gasteiger partial charge on any atom is -0.296 e. The van der Waals surface area contributed by atoms with Gasteiger partial charge in [-0.15, -0.1) is 0 Å². The molecule has 1 aromatic heterocycles. The molecule has 0 spiro atoms. The molecule has 3 heteroatoms. The average Bonchev–Trinajstić information content (AvgIpc) is 2.81. The molecule has 2 bridgehead atoms. The number of aromatic nitrogens is 1. The smallest absolute Gasteiger partial charge is 0.144 e. The zero-order valence-corrected chi connectivity index (χ0v) is 8.91. The molecule has 0 aliphatic carbocycles. The Labute approximate surface area is 89.1 Å². The van der Waals surface area contributed by atoms with Crippen molar-refractivity contribution in [3.8, 4) is 0 Å². The van der Waals surface area contributed by atoms with Crippen LogP contribution in [0, 0.1) is 18.7 Å². The molecular formula is C12H15FN2. The third kappa shape index (κ3) is 1.37. The Morgan fingerprint density at radius 3 is 2.67 bits per heavy atom. The third-order valence-corrected chi connectivity index (χ3v) is 3.80. The normalized spacial score (nSPS) is 33.6. The summed E-state index contributed by atoms with van der Waals surface area (Å²) in [6, 6.07) is 2.11. The van der Waals surface area contributed by atoms with Gasteiger partial charge < -0.3 is 0 Å². The molecule has 1 atom stereocenters.